The van der Waals surface area contributed by atoms with E-state index in [2.05, 4.69) is 6.92 Å². The quantitative estimate of drug-likeness (QED) is 0.317. The molecule has 7 nitrogen and oxygen atoms in total. The van der Waals surface area contributed by atoms with Gasteiger partial charge in [-0.1, -0.05) is 32.6 Å². The number of urea groups is 1. The molecule has 0 radical (unpaired) electrons. The van der Waals surface area contributed by atoms with Gasteiger partial charge in [-0.05, 0) is 38.5 Å². The molecule has 1 unspecified atom stereocenters. The minimum atomic E-state index is -0.773. The Hall–Kier alpha value is -1.79. The number of carboxylic acid groups (broad SMARTS) is 1. The third-order valence-corrected chi connectivity index (χ3v) is 4.30. The average Bonchev–Trinajstić information content (AvgIpc) is 2.55. The van der Waals surface area contributed by atoms with Gasteiger partial charge in [-0.25, -0.2) is 4.79 Å². The summed E-state index contributed by atoms with van der Waals surface area (Å²) < 4.78 is 5.36. The van der Waals surface area contributed by atoms with E-state index in [0.717, 1.165) is 57.8 Å². The monoisotopic (exact) mass is 372 g/mol. The van der Waals surface area contributed by atoms with Crippen LogP contribution in [0.1, 0.15) is 84.5 Å². The second kappa shape index (κ2) is 15.5. The van der Waals surface area contributed by atoms with Crippen LogP contribution in [0, 0.1) is 0 Å². The van der Waals surface area contributed by atoms with E-state index in [9.17, 15) is 14.4 Å². The highest BCUT2D eigenvalue weighted by atomic mass is 16.5. The van der Waals surface area contributed by atoms with Crippen molar-refractivity contribution in [3.8, 4) is 0 Å². The Morgan fingerprint density at radius 2 is 1.58 bits per heavy atom. The number of aliphatic carboxylic acids is 1. The Bertz CT molecular complexity index is 415. The smallest absolute Gasteiger partial charge is 0.314 e. The largest absolute Gasteiger partial charge is 0.481 e. The van der Waals surface area contributed by atoms with E-state index in [1.165, 1.54) is 6.92 Å². The predicted octanol–water partition coefficient (Wildman–Crippen LogP) is 3.69. The first-order chi connectivity index (χ1) is 12.4. The highest BCUT2D eigenvalue weighted by Crippen LogP contribution is 2.13. The number of nitrogens with zero attached hydrogens (tertiary/aromatic N) is 1. The molecule has 0 saturated carbocycles. The minimum Gasteiger partial charge on any atom is -0.481 e. The molecular weight excluding hydrogens is 336 g/mol. The second-order valence-corrected chi connectivity index (χ2v) is 6.75. The van der Waals surface area contributed by atoms with Crippen molar-refractivity contribution in [2.75, 3.05) is 13.1 Å². The van der Waals surface area contributed by atoms with Crippen LogP contribution in [0.2, 0.25) is 0 Å². The summed E-state index contributed by atoms with van der Waals surface area (Å²) in [5.41, 5.74) is 5.44. The Morgan fingerprint density at radius 1 is 0.962 bits per heavy atom. The zero-order valence-electron chi connectivity index (χ0n) is 16.4. The molecule has 0 aromatic heterocycles. The summed E-state index contributed by atoms with van der Waals surface area (Å²) in [4.78, 5) is 34.8. The molecule has 0 aliphatic heterocycles. The lowest BCUT2D eigenvalue weighted by Gasteiger charge is -2.22. The normalized spacial score (nSPS) is 11.8. The third kappa shape index (κ3) is 14.5. The molecule has 0 rings (SSSR count). The van der Waals surface area contributed by atoms with Crippen molar-refractivity contribution in [3.05, 3.63) is 0 Å². The predicted molar refractivity (Wildman–Crippen MR) is 101 cm³/mol. The SMILES string of the molecule is CCCCCC(CCCN(CCCCCCC(=O)O)C(N)=O)OC(C)=O. The Morgan fingerprint density at radius 3 is 2.15 bits per heavy atom. The zero-order valence-corrected chi connectivity index (χ0v) is 16.4. The maximum absolute atomic E-state index is 11.6. The molecule has 152 valence electrons. The van der Waals surface area contributed by atoms with Crippen molar-refractivity contribution in [1.82, 2.24) is 4.90 Å². The van der Waals surface area contributed by atoms with Gasteiger partial charge in [-0.3, -0.25) is 9.59 Å². The van der Waals surface area contributed by atoms with Gasteiger partial charge in [0.05, 0.1) is 0 Å². The summed E-state index contributed by atoms with van der Waals surface area (Å²) in [6, 6.07) is -0.439. The second-order valence-electron chi connectivity index (χ2n) is 6.75. The number of hydrogen-bond donors (Lipinski definition) is 2. The maximum atomic E-state index is 11.6. The first-order valence-electron chi connectivity index (χ1n) is 9.80. The number of carbonyl (C=O) groups is 3. The highest BCUT2D eigenvalue weighted by Gasteiger charge is 2.14. The van der Waals surface area contributed by atoms with Crippen LogP contribution in [0.3, 0.4) is 0 Å². The number of hydrogen-bond acceptors (Lipinski definition) is 4. The lowest BCUT2D eigenvalue weighted by Crippen LogP contribution is -2.37. The van der Waals surface area contributed by atoms with Gasteiger partial charge in [0.25, 0.3) is 0 Å². The molecule has 3 N–H and O–H groups in total. The molecule has 2 amide bonds. The van der Waals surface area contributed by atoms with E-state index < -0.39 is 12.0 Å². The highest BCUT2D eigenvalue weighted by molar-refractivity contribution is 5.71. The third-order valence-electron chi connectivity index (χ3n) is 4.30. The molecule has 0 fully saturated rings. The van der Waals surface area contributed by atoms with E-state index in [1.807, 2.05) is 0 Å². The summed E-state index contributed by atoms with van der Waals surface area (Å²) in [5.74, 6) is -1.04. The van der Waals surface area contributed by atoms with Crippen molar-refractivity contribution in [2.45, 2.75) is 90.6 Å². The van der Waals surface area contributed by atoms with Gasteiger partial charge in [0.2, 0.25) is 0 Å². The van der Waals surface area contributed by atoms with Gasteiger partial charge in [0.15, 0.2) is 0 Å². The van der Waals surface area contributed by atoms with Crippen molar-refractivity contribution >= 4 is 18.0 Å². The van der Waals surface area contributed by atoms with E-state index in [-0.39, 0.29) is 18.5 Å². The average molecular weight is 373 g/mol. The van der Waals surface area contributed by atoms with Crippen molar-refractivity contribution in [2.24, 2.45) is 5.73 Å². The van der Waals surface area contributed by atoms with Crippen molar-refractivity contribution in [1.29, 1.82) is 0 Å². The van der Waals surface area contributed by atoms with Crippen LogP contribution in [0.15, 0.2) is 0 Å². The molecule has 0 spiro atoms. The zero-order chi connectivity index (χ0) is 19.8. The lowest BCUT2D eigenvalue weighted by atomic mass is 10.1. The number of primary amides is 1. The van der Waals surface area contributed by atoms with E-state index in [4.69, 9.17) is 15.6 Å². The van der Waals surface area contributed by atoms with Crippen LogP contribution in [0.25, 0.3) is 0 Å². The van der Waals surface area contributed by atoms with Crippen molar-refractivity contribution < 1.29 is 24.2 Å². The molecule has 1 atom stereocenters. The first kappa shape index (κ1) is 24.2. The molecule has 0 aromatic rings. The van der Waals surface area contributed by atoms with Gasteiger partial charge in [0.1, 0.15) is 6.10 Å². The fourth-order valence-electron chi connectivity index (χ4n) is 2.89. The Balaban J connectivity index is 4.09. The van der Waals surface area contributed by atoms with Crippen LogP contribution < -0.4 is 5.73 Å². The van der Waals surface area contributed by atoms with E-state index in [0.29, 0.717) is 19.5 Å². The Labute approximate surface area is 157 Å². The number of esters is 1. The molecule has 0 aliphatic carbocycles. The summed E-state index contributed by atoms with van der Waals surface area (Å²) in [6.07, 6.45) is 8.88. The standard InChI is InChI=1S/C19H36N2O5/c1-3-4-7-11-17(26-16(2)22)12-10-15-21(19(20)25)14-9-6-5-8-13-18(23)24/h17H,3-15H2,1-2H3,(H2,20,25)(H,23,24). The van der Waals surface area contributed by atoms with E-state index in [1.54, 1.807) is 4.90 Å². The van der Waals surface area contributed by atoms with Gasteiger partial charge >= 0.3 is 18.0 Å². The molecule has 0 heterocycles. The molecule has 0 aliphatic rings. The van der Waals surface area contributed by atoms with Crippen LogP contribution in [-0.2, 0) is 14.3 Å². The van der Waals surface area contributed by atoms with Gasteiger partial charge in [0, 0.05) is 26.4 Å². The number of ether oxygens (including phenoxy) is 1. The number of unbranched alkanes of at least 4 members (excludes halogenated alkanes) is 5. The molecule has 0 aromatic carbocycles. The number of amides is 2. The number of carbonyl (C=O) groups excluding carboxylic acids is 2. The van der Waals surface area contributed by atoms with Crippen molar-refractivity contribution in [3.63, 3.8) is 0 Å². The molecular formula is C19H36N2O5. The van der Waals surface area contributed by atoms with Gasteiger partial charge < -0.3 is 20.5 Å². The summed E-state index contributed by atoms with van der Waals surface area (Å²) in [6.45, 7) is 4.69. The molecule has 7 heteroatoms. The van der Waals surface area contributed by atoms with Gasteiger partial charge in [-0.15, -0.1) is 0 Å². The molecule has 0 bridgehead atoms. The van der Waals surface area contributed by atoms with Crippen LogP contribution in [0.5, 0.6) is 0 Å². The van der Waals surface area contributed by atoms with Crippen LogP contribution in [-0.4, -0.2) is 47.2 Å². The molecule has 26 heavy (non-hydrogen) atoms. The maximum Gasteiger partial charge on any atom is 0.314 e. The fraction of sp³-hybridized carbons (Fsp3) is 0.842. The van der Waals surface area contributed by atoms with E-state index >= 15 is 0 Å². The van der Waals surface area contributed by atoms with Crippen LogP contribution in [0.4, 0.5) is 4.79 Å². The molecule has 0 saturated heterocycles. The topological polar surface area (TPSA) is 110 Å². The minimum absolute atomic E-state index is 0.0928. The summed E-state index contributed by atoms with van der Waals surface area (Å²) in [5, 5.41) is 8.59. The first-order valence-corrected chi connectivity index (χ1v) is 9.80. The number of rotatable bonds is 16. The van der Waals surface area contributed by atoms with Crippen LogP contribution >= 0.6 is 0 Å². The lowest BCUT2D eigenvalue weighted by molar-refractivity contribution is -0.147. The number of nitrogens with two attached hydrogens (primary N) is 1. The fourth-order valence-corrected chi connectivity index (χ4v) is 2.89. The number of carboxylic acids is 1. The summed E-state index contributed by atoms with van der Waals surface area (Å²) in [7, 11) is 0. The van der Waals surface area contributed by atoms with Gasteiger partial charge in [-0.2, -0.15) is 0 Å². The Kier molecular flexibility index (Phi) is 14.4. The summed E-state index contributed by atoms with van der Waals surface area (Å²) >= 11 is 0.